The molecule has 0 unspecified atom stereocenters. The summed E-state index contributed by atoms with van der Waals surface area (Å²) in [6.45, 7) is 1.50. The Balaban J connectivity index is 3.23. The first kappa shape index (κ1) is 8.45. The predicted octanol–water partition coefficient (Wildman–Crippen LogP) is 1.47. The summed E-state index contributed by atoms with van der Waals surface area (Å²) < 4.78 is 0.698. The molecule has 4 heteroatoms. The first-order valence-electron chi connectivity index (χ1n) is 3.03. The van der Waals surface area contributed by atoms with E-state index in [-0.39, 0.29) is 5.78 Å². The van der Waals surface area contributed by atoms with Crippen LogP contribution in [0.5, 0.6) is 0 Å². The van der Waals surface area contributed by atoms with Gasteiger partial charge in [0.05, 0.1) is 17.4 Å². The number of hydrogen-bond acceptors (Lipinski definition) is 3. The van der Waals surface area contributed by atoms with Crippen molar-refractivity contribution in [1.29, 1.82) is 0 Å². The van der Waals surface area contributed by atoms with Gasteiger partial charge in [-0.2, -0.15) is 0 Å². The third-order valence-electron chi connectivity index (χ3n) is 1.24. The number of pyridine rings is 1. The van der Waals surface area contributed by atoms with E-state index >= 15 is 0 Å². The maximum atomic E-state index is 10.9. The van der Waals surface area contributed by atoms with E-state index in [0.717, 1.165) is 0 Å². The van der Waals surface area contributed by atoms with Gasteiger partial charge in [0.25, 0.3) is 0 Å². The number of anilines is 1. The third kappa shape index (κ3) is 1.89. The summed E-state index contributed by atoms with van der Waals surface area (Å²) >= 11 is 2.00. The Morgan fingerprint density at radius 1 is 1.73 bits per heavy atom. The molecule has 0 saturated heterocycles. The Morgan fingerprint density at radius 2 is 2.36 bits per heavy atom. The maximum absolute atomic E-state index is 10.9. The SMILES string of the molecule is CC(=O)c1cc(N)cnc1I. The summed E-state index contributed by atoms with van der Waals surface area (Å²) in [5.74, 6) is -0.00537. The highest BCUT2D eigenvalue weighted by molar-refractivity contribution is 14.1. The molecular formula is C7H7IN2O. The number of carbonyl (C=O) groups is 1. The number of ketones is 1. The van der Waals surface area contributed by atoms with Gasteiger partial charge in [0.2, 0.25) is 0 Å². The van der Waals surface area contributed by atoms with E-state index in [1.807, 2.05) is 22.6 Å². The number of carbonyl (C=O) groups excluding carboxylic acids is 1. The number of rotatable bonds is 1. The number of halogens is 1. The predicted molar refractivity (Wildman–Crippen MR) is 51.4 cm³/mol. The molecule has 0 saturated carbocycles. The molecule has 0 aliphatic rings. The number of Topliss-reactive ketones (excluding diaryl/α,β-unsaturated/α-hetero) is 1. The van der Waals surface area contributed by atoms with Gasteiger partial charge in [-0.05, 0) is 35.6 Å². The highest BCUT2D eigenvalue weighted by atomic mass is 127. The number of nitrogens with two attached hydrogens (primary N) is 1. The largest absolute Gasteiger partial charge is 0.397 e. The van der Waals surface area contributed by atoms with Crippen molar-refractivity contribution in [1.82, 2.24) is 4.98 Å². The van der Waals surface area contributed by atoms with Crippen LogP contribution in [0, 0.1) is 3.70 Å². The number of nitrogens with zero attached hydrogens (tertiary/aromatic N) is 1. The van der Waals surface area contributed by atoms with E-state index in [2.05, 4.69) is 4.98 Å². The van der Waals surface area contributed by atoms with E-state index in [1.165, 1.54) is 13.1 Å². The van der Waals surface area contributed by atoms with Crippen LogP contribution < -0.4 is 5.73 Å². The normalized spacial score (nSPS) is 9.64. The van der Waals surface area contributed by atoms with Crippen LogP contribution in [0.3, 0.4) is 0 Å². The van der Waals surface area contributed by atoms with Crippen LogP contribution in [0.15, 0.2) is 12.3 Å². The van der Waals surface area contributed by atoms with Crippen LogP contribution in [0.4, 0.5) is 5.69 Å². The van der Waals surface area contributed by atoms with Crippen molar-refractivity contribution < 1.29 is 4.79 Å². The molecule has 2 N–H and O–H groups in total. The van der Waals surface area contributed by atoms with E-state index in [1.54, 1.807) is 6.07 Å². The molecular weight excluding hydrogens is 255 g/mol. The lowest BCUT2D eigenvalue weighted by molar-refractivity contribution is 0.101. The summed E-state index contributed by atoms with van der Waals surface area (Å²) in [6.07, 6.45) is 1.54. The molecule has 0 aliphatic carbocycles. The van der Waals surface area contributed by atoms with Gasteiger partial charge >= 0.3 is 0 Å². The van der Waals surface area contributed by atoms with Crippen molar-refractivity contribution in [3.8, 4) is 0 Å². The Bertz CT molecular complexity index is 298. The zero-order valence-electron chi connectivity index (χ0n) is 5.97. The van der Waals surface area contributed by atoms with E-state index in [9.17, 15) is 4.79 Å². The van der Waals surface area contributed by atoms with Gasteiger partial charge in [0.1, 0.15) is 3.70 Å². The molecule has 0 fully saturated rings. The highest BCUT2D eigenvalue weighted by Gasteiger charge is 2.05. The van der Waals surface area contributed by atoms with Crippen LogP contribution in [0.25, 0.3) is 0 Å². The monoisotopic (exact) mass is 262 g/mol. The van der Waals surface area contributed by atoms with Crippen LogP contribution in [-0.2, 0) is 0 Å². The van der Waals surface area contributed by atoms with E-state index in [4.69, 9.17) is 5.73 Å². The summed E-state index contributed by atoms with van der Waals surface area (Å²) in [5.41, 5.74) is 6.56. The molecule has 1 rings (SSSR count). The minimum atomic E-state index is -0.00537. The minimum Gasteiger partial charge on any atom is -0.397 e. The second-order valence-corrected chi connectivity index (χ2v) is 3.19. The molecule has 11 heavy (non-hydrogen) atoms. The van der Waals surface area contributed by atoms with Crippen molar-refractivity contribution in [3.63, 3.8) is 0 Å². The van der Waals surface area contributed by atoms with Gasteiger partial charge in [0, 0.05) is 0 Å². The molecule has 0 aliphatic heterocycles. The average molecular weight is 262 g/mol. The zero-order valence-corrected chi connectivity index (χ0v) is 8.12. The van der Waals surface area contributed by atoms with Gasteiger partial charge in [-0.1, -0.05) is 0 Å². The maximum Gasteiger partial charge on any atom is 0.162 e. The summed E-state index contributed by atoms with van der Waals surface area (Å²) in [5, 5.41) is 0. The fourth-order valence-corrected chi connectivity index (χ4v) is 1.39. The molecule has 3 nitrogen and oxygen atoms in total. The lowest BCUT2D eigenvalue weighted by Crippen LogP contribution is -2.00. The zero-order chi connectivity index (χ0) is 8.43. The molecule has 0 radical (unpaired) electrons. The van der Waals surface area contributed by atoms with Crippen LogP contribution in [0.1, 0.15) is 17.3 Å². The summed E-state index contributed by atoms with van der Waals surface area (Å²) in [7, 11) is 0. The highest BCUT2D eigenvalue weighted by Crippen LogP contribution is 2.12. The minimum absolute atomic E-state index is 0.00537. The molecule has 0 atom stereocenters. The molecule has 1 aromatic heterocycles. The molecule has 0 bridgehead atoms. The quantitative estimate of drug-likeness (QED) is 0.473. The average Bonchev–Trinajstić information content (AvgIpc) is 1.94. The summed E-state index contributed by atoms with van der Waals surface area (Å²) in [6, 6.07) is 1.64. The Morgan fingerprint density at radius 3 is 2.82 bits per heavy atom. The smallest absolute Gasteiger partial charge is 0.162 e. The fraction of sp³-hybridized carbons (Fsp3) is 0.143. The molecule has 1 heterocycles. The first-order valence-corrected chi connectivity index (χ1v) is 4.11. The lowest BCUT2D eigenvalue weighted by atomic mass is 10.2. The van der Waals surface area contributed by atoms with Crippen LogP contribution in [-0.4, -0.2) is 10.8 Å². The van der Waals surface area contributed by atoms with Crippen molar-refractivity contribution in [2.45, 2.75) is 6.92 Å². The van der Waals surface area contributed by atoms with Crippen molar-refractivity contribution in [2.75, 3.05) is 5.73 Å². The molecule has 0 aromatic carbocycles. The standard InChI is InChI=1S/C7H7IN2O/c1-4(11)6-2-5(9)3-10-7(6)8/h2-3H,9H2,1H3. The second kappa shape index (κ2) is 3.17. The first-order chi connectivity index (χ1) is 5.11. The molecule has 1 aromatic rings. The molecule has 58 valence electrons. The third-order valence-corrected chi connectivity index (χ3v) is 2.10. The summed E-state index contributed by atoms with van der Waals surface area (Å²) in [4.78, 5) is 14.9. The van der Waals surface area contributed by atoms with Crippen LogP contribution >= 0.6 is 22.6 Å². The van der Waals surface area contributed by atoms with Gasteiger partial charge < -0.3 is 5.73 Å². The second-order valence-electron chi connectivity index (χ2n) is 2.16. The van der Waals surface area contributed by atoms with Gasteiger partial charge in [-0.15, -0.1) is 0 Å². The van der Waals surface area contributed by atoms with E-state index < -0.39 is 0 Å². The van der Waals surface area contributed by atoms with Crippen molar-refractivity contribution in [3.05, 3.63) is 21.5 Å². The number of nitrogen functional groups attached to an aromatic ring is 1. The molecule has 0 amide bonds. The van der Waals surface area contributed by atoms with Crippen molar-refractivity contribution in [2.24, 2.45) is 0 Å². The lowest BCUT2D eigenvalue weighted by Gasteiger charge is -1.99. The Hall–Kier alpha value is -0.650. The topological polar surface area (TPSA) is 56.0 Å². The van der Waals surface area contributed by atoms with Crippen molar-refractivity contribution >= 4 is 34.1 Å². The number of aromatic nitrogens is 1. The van der Waals surface area contributed by atoms with Gasteiger partial charge in [-0.3, -0.25) is 4.79 Å². The van der Waals surface area contributed by atoms with E-state index in [0.29, 0.717) is 15.0 Å². The Kier molecular flexibility index (Phi) is 2.43. The van der Waals surface area contributed by atoms with Crippen LogP contribution in [0.2, 0.25) is 0 Å². The fourth-order valence-electron chi connectivity index (χ4n) is 0.711. The number of hydrogen-bond donors (Lipinski definition) is 1. The molecule has 0 spiro atoms. The Labute approximate surface area is 78.1 Å². The van der Waals surface area contributed by atoms with Gasteiger partial charge in [0.15, 0.2) is 5.78 Å². The van der Waals surface area contributed by atoms with Gasteiger partial charge in [-0.25, -0.2) is 4.98 Å².